The first-order valence-corrected chi connectivity index (χ1v) is 5.66. The highest BCUT2D eigenvalue weighted by atomic mass is 16.4. The van der Waals surface area contributed by atoms with Gasteiger partial charge in [-0.1, -0.05) is 0 Å². The Bertz CT molecular complexity index is 219. The second-order valence-corrected chi connectivity index (χ2v) is 4.69. The molecule has 4 nitrogen and oxygen atoms in total. The predicted octanol–water partition coefficient (Wildman–Crippen LogP) is 0.876. The molecule has 15 heavy (non-hydrogen) atoms. The van der Waals surface area contributed by atoms with Crippen LogP contribution in [0.5, 0.6) is 0 Å². The molecule has 0 aromatic rings. The molecule has 0 spiro atoms. The minimum absolute atomic E-state index is 0.191. The van der Waals surface area contributed by atoms with Crippen LogP contribution >= 0.6 is 0 Å². The smallest absolute Gasteiger partial charge is 0.317 e. The number of hydrogen-bond acceptors (Lipinski definition) is 3. The first-order valence-electron chi connectivity index (χ1n) is 5.66. The maximum atomic E-state index is 10.7. The van der Waals surface area contributed by atoms with Crippen LogP contribution in [0.3, 0.4) is 0 Å². The molecule has 0 saturated carbocycles. The standard InChI is InChI=1S/C11H22N2O2/c1-9(2)12(3)7-10-5-4-6-13(10)8-11(14)15/h9-10H,4-8H2,1-3H3,(H,14,15). The molecule has 1 atom stereocenters. The van der Waals surface area contributed by atoms with E-state index in [1.807, 2.05) is 0 Å². The Morgan fingerprint density at radius 3 is 2.80 bits per heavy atom. The maximum Gasteiger partial charge on any atom is 0.317 e. The molecule has 1 unspecified atom stereocenters. The summed E-state index contributed by atoms with van der Waals surface area (Å²) in [6.07, 6.45) is 2.26. The van der Waals surface area contributed by atoms with E-state index in [1.165, 1.54) is 0 Å². The van der Waals surface area contributed by atoms with Crippen LogP contribution in [0.4, 0.5) is 0 Å². The van der Waals surface area contributed by atoms with Gasteiger partial charge < -0.3 is 10.0 Å². The van der Waals surface area contributed by atoms with Gasteiger partial charge in [-0.3, -0.25) is 9.69 Å². The van der Waals surface area contributed by atoms with E-state index in [9.17, 15) is 4.79 Å². The zero-order valence-corrected chi connectivity index (χ0v) is 9.94. The van der Waals surface area contributed by atoms with Crippen molar-refractivity contribution in [2.45, 2.75) is 38.8 Å². The van der Waals surface area contributed by atoms with Gasteiger partial charge in [0.25, 0.3) is 0 Å². The van der Waals surface area contributed by atoms with Gasteiger partial charge in [-0.2, -0.15) is 0 Å². The quantitative estimate of drug-likeness (QED) is 0.737. The lowest BCUT2D eigenvalue weighted by Crippen LogP contribution is -2.43. The normalized spacial score (nSPS) is 22.9. The lowest BCUT2D eigenvalue weighted by atomic mass is 10.2. The Kier molecular flexibility index (Phi) is 4.54. The summed E-state index contributed by atoms with van der Waals surface area (Å²) in [5, 5.41) is 8.78. The fourth-order valence-corrected chi connectivity index (χ4v) is 2.03. The van der Waals surface area contributed by atoms with Crippen LogP contribution in [-0.2, 0) is 4.79 Å². The Labute approximate surface area is 91.9 Å². The number of carboxylic acid groups (broad SMARTS) is 1. The molecule has 1 rings (SSSR count). The van der Waals surface area contributed by atoms with Gasteiger partial charge in [0.2, 0.25) is 0 Å². The highest BCUT2D eigenvalue weighted by Crippen LogP contribution is 2.17. The summed E-state index contributed by atoms with van der Waals surface area (Å²) in [7, 11) is 2.10. The van der Waals surface area contributed by atoms with Gasteiger partial charge in [0.05, 0.1) is 6.54 Å². The summed E-state index contributed by atoms with van der Waals surface area (Å²) < 4.78 is 0. The van der Waals surface area contributed by atoms with Crippen LogP contribution in [0, 0.1) is 0 Å². The summed E-state index contributed by atoms with van der Waals surface area (Å²) in [5.74, 6) is -0.714. The van der Waals surface area contributed by atoms with E-state index in [0.29, 0.717) is 12.1 Å². The van der Waals surface area contributed by atoms with Crippen LogP contribution in [0.1, 0.15) is 26.7 Å². The van der Waals surface area contributed by atoms with Crippen molar-refractivity contribution in [3.63, 3.8) is 0 Å². The molecule has 0 amide bonds. The van der Waals surface area contributed by atoms with Gasteiger partial charge in [-0.05, 0) is 40.3 Å². The van der Waals surface area contributed by atoms with E-state index >= 15 is 0 Å². The van der Waals surface area contributed by atoms with Crippen molar-refractivity contribution in [2.75, 3.05) is 26.7 Å². The second kappa shape index (κ2) is 5.47. The van der Waals surface area contributed by atoms with E-state index in [1.54, 1.807) is 0 Å². The molecule has 0 aromatic heterocycles. The number of likely N-dealkylation sites (tertiary alicyclic amines) is 1. The van der Waals surface area contributed by atoms with Gasteiger partial charge in [0, 0.05) is 18.6 Å². The van der Waals surface area contributed by atoms with E-state index in [2.05, 4.69) is 30.7 Å². The summed E-state index contributed by atoms with van der Waals surface area (Å²) in [6.45, 7) is 6.43. The number of likely N-dealkylation sites (N-methyl/N-ethyl adjacent to an activating group) is 1. The first kappa shape index (κ1) is 12.5. The summed E-state index contributed by atoms with van der Waals surface area (Å²) in [5.41, 5.74) is 0. The highest BCUT2D eigenvalue weighted by molar-refractivity contribution is 5.69. The third-order valence-corrected chi connectivity index (χ3v) is 3.22. The Hall–Kier alpha value is -0.610. The fourth-order valence-electron chi connectivity index (χ4n) is 2.03. The van der Waals surface area contributed by atoms with Crippen molar-refractivity contribution in [1.82, 2.24) is 9.80 Å². The zero-order chi connectivity index (χ0) is 11.4. The number of carboxylic acids is 1. The molecular formula is C11H22N2O2. The van der Waals surface area contributed by atoms with E-state index in [4.69, 9.17) is 5.11 Å². The lowest BCUT2D eigenvalue weighted by molar-refractivity contribution is -0.138. The molecule has 1 aliphatic heterocycles. The van der Waals surface area contributed by atoms with Crippen LogP contribution in [0.25, 0.3) is 0 Å². The number of carbonyl (C=O) groups is 1. The van der Waals surface area contributed by atoms with Crippen LogP contribution in [-0.4, -0.2) is 59.6 Å². The van der Waals surface area contributed by atoms with Gasteiger partial charge in [-0.15, -0.1) is 0 Å². The van der Waals surface area contributed by atoms with Gasteiger partial charge in [-0.25, -0.2) is 0 Å². The Morgan fingerprint density at radius 2 is 2.27 bits per heavy atom. The Morgan fingerprint density at radius 1 is 1.60 bits per heavy atom. The minimum atomic E-state index is -0.714. The van der Waals surface area contributed by atoms with Crippen molar-refractivity contribution in [1.29, 1.82) is 0 Å². The fraction of sp³-hybridized carbons (Fsp3) is 0.909. The molecule has 88 valence electrons. The van der Waals surface area contributed by atoms with Crippen molar-refractivity contribution in [3.05, 3.63) is 0 Å². The van der Waals surface area contributed by atoms with Crippen molar-refractivity contribution in [3.8, 4) is 0 Å². The van der Waals surface area contributed by atoms with Crippen molar-refractivity contribution >= 4 is 5.97 Å². The van der Waals surface area contributed by atoms with Crippen molar-refractivity contribution in [2.24, 2.45) is 0 Å². The lowest BCUT2D eigenvalue weighted by Gasteiger charge is -2.29. The molecule has 0 bridgehead atoms. The third-order valence-electron chi connectivity index (χ3n) is 3.22. The van der Waals surface area contributed by atoms with Crippen LogP contribution in [0.2, 0.25) is 0 Å². The summed E-state index contributed by atoms with van der Waals surface area (Å²) >= 11 is 0. The van der Waals surface area contributed by atoms with Crippen molar-refractivity contribution < 1.29 is 9.90 Å². The molecule has 0 aliphatic carbocycles. The molecule has 4 heteroatoms. The molecule has 1 heterocycles. The van der Waals surface area contributed by atoms with Gasteiger partial charge >= 0.3 is 5.97 Å². The largest absolute Gasteiger partial charge is 0.480 e. The number of aliphatic carboxylic acids is 1. The van der Waals surface area contributed by atoms with Crippen LogP contribution in [0.15, 0.2) is 0 Å². The minimum Gasteiger partial charge on any atom is -0.480 e. The maximum absolute atomic E-state index is 10.7. The summed E-state index contributed by atoms with van der Waals surface area (Å²) in [6, 6.07) is 0.950. The van der Waals surface area contributed by atoms with E-state index in [0.717, 1.165) is 25.9 Å². The molecule has 1 saturated heterocycles. The average Bonchev–Trinajstić information content (AvgIpc) is 2.51. The highest BCUT2D eigenvalue weighted by Gasteiger charge is 2.27. The van der Waals surface area contributed by atoms with Crippen LogP contribution < -0.4 is 0 Å². The molecular weight excluding hydrogens is 192 g/mol. The van der Waals surface area contributed by atoms with E-state index in [-0.39, 0.29) is 6.54 Å². The molecule has 1 N–H and O–H groups in total. The molecule has 1 fully saturated rings. The third kappa shape index (κ3) is 3.80. The monoisotopic (exact) mass is 214 g/mol. The topological polar surface area (TPSA) is 43.8 Å². The number of nitrogens with zero attached hydrogens (tertiary/aromatic N) is 2. The first-order chi connectivity index (χ1) is 7.00. The molecule has 0 aromatic carbocycles. The second-order valence-electron chi connectivity index (χ2n) is 4.69. The SMILES string of the molecule is CC(C)N(C)CC1CCCN1CC(=O)O. The predicted molar refractivity (Wildman–Crippen MR) is 60.0 cm³/mol. The molecule has 0 radical (unpaired) electrons. The zero-order valence-electron chi connectivity index (χ0n) is 9.94. The number of rotatable bonds is 5. The van der Waals surface area contributed by atoms with E-state index < -0.39 is 5.97 Å². The summed E-state index contributed by atoms with van der Waals surface area (Å²) in [4.78, 5) is 15.0. The Balaban J connectivity index is 2.42. The number of hydrogen-bond donors (Lipinski definition) is 1. The molecule has 1 aliphatic rings. The average molecular weight is 214 g/mol. The van der Waals surface area contributed by atoms with Gasteiger partial charge in [0.15, 0.2) is 0 Å². The van der Waals surface area contributed by atoms with Gasteiger partial charge in [0.1, 0.15) is 0 Å².